The molecule has 0 spiro atoms. The molecule has 0 atom stereocenters. The first-order chi connectivity index (χ1) is 13.4. The molecule has 1 aromatic heterocycles. The zero-order chi connectivity index (χ0) is 20.3. The number of nitriles is 1. The van der Waals surface area contributed by atoms with E-state index in [0.29, 0.717) is 16.9 Å². The first-order valence-corrected chi connectivity index (χ1v) is 8.11. The minimum atomic E-state index is -0.708. The minimum absolute atomic E-state index is 0.00415. The summed E-state index contributed by atoms with van der Waals surface area (Å²) in [6.45, 7) is 0. The molecule has 140 valence electrons. The van der Waals surface area contributed by atoms with E-state index in [1.807, 2.05) is 6.07 Å². The molecule has 0 aliphatic heterocycles. The number of amides is 1. The molecule has 2 aromatic carbocycles. The number of halogens is 1. The summed E-state index contributed by atoms with van der Waals surface area (Å²) in [4.78, 5) is 24.6. The molecule has 3 N–H and O–H groups in total. The fraction of sp³-hybridized carbons (Fsp3) is 0.0500. The molecule has 3 rings (SSSR count). The molecule has 8 heteroatoms. The molecule has 3 aromatic rings. The largest absolute Gasteiger partial charge is 0.464 e. The first-order valence-electron chi connectivity index (χ1n) is 8.11. The van der Waals surface area contributed by atoms with Crippen LogP contribution in [-0.4, -0.2) is 23.6 Å². The molecular weight excluding hydrogens is 363 g/mol. The van der Waals surface area contributed by atoms with Gasteiger partial charge < -0.3 is 20.4 Å². The zero-order valence-electron chi connectivity index (χ0n) is 14.8. The van der Waals surface area contributed by atoms with Gasteiger partial charge in [0.25, 0.3) is 5.91 Å². The monoisotopic (exact) mass is 378 g/mol. The average Bonchev–Trinajstić information content (AvgIpc) is 3.05. The Morgan fingerprint density at radius 2 is 1.93 bits per heavy atom. The second-order valence-corrected chi connectivity index (χ2v) is 5.79. The molecular formula is C20H15FN4O3. The maximum atomic E-state index is 13.0. The number of esters is 1. The fourth-order valence-electron chi connectivity index (χ4n) is 2.65. The molecule has 0 bridgehead atoms. The van der Waals surface area contributed by atoms with Crippen LogP contribution in [0, 0.1) is 17.1 Å². The van der Waals surface area contributed by atoms with Gasteiger partial charge in [-0.3, -0.25) is 4.79 Å². The molecule has 28 heavy (non-hydrogen) atoms. The standard InChI is InChI=1S/C20H15FN4O3/c1-28-20(27)18-17(23)13(10-22)11-25(18)16-4-2-3-12(9-16)19(26)24-15-7-5-14(21)6-8-15/h2-9,11H,23H2,1H3,(H,24,26). The van der Waals surface area contributed by atoms with Crippen LogP contribution < -0.4 is 11.1 Å². The summed E-state index contributed by atoms with van der Waals surface area (Å²) in [7, 11) is 1.21. The number of rotatable bonds is 4. The number of hydrogen-bond acceptors (Lipinski definition) is 5. The molecule has 0 aliphatic rings. The van der Waals surface area contributed by atoms with Crippen molar-refractivity contribution in [3.8, 4) is 11.8 Å². The van der Waals surface area contributed by atoms with Gasteiger partial charge in [-0.2, -0.15) is 5.26 Å². The Morgan fingerprint density at radius 3 is 2.57 bits per heavy atom. The lowest BCUT2D eigenvalue weighted by Crippen LogP contribution is -2.14. The highest BCUT2D eigenvalue weighted by molar-refractivity contribution is 6.04. The van der Waals surface area contributed by atoms with Crippen molar-refractivity contribution in [3.63, 3.8) is 0 Å². The minimum Gasteiger partial charge on any atom is -0.464 e. The number of nitrogens with one attached hydrogen (secondary N) is 1. The normalized spacial score (nSPS) is 10.2. The van der Waals surface area contributed by atoms with Crippen molar-refractivity contribution < 1.29 is 18.7 Å². The maximum absolute atomic E-state index is 13.0. The third-order valence-corrected chi connectivity index (χ3v) is 4.03. The van der Waals surface area contributed by atoms with Gasteiger partial charge in [0, 0.05) is 23.1 Å². The van der Waals surface area contributed by atoms with Crippen molar-refractivity contribution in [2.24, 2.45) is 0 Å². The summed E-state index contributed by atoms with van der Waals surface area (Å²) in [6, 6.07) is 13.7. The molecule has 1 amide bonds. The number of anilines is 2. The van der Waals surface area contributed by atoms with Crippen LogP contribution in [0.25, 0.3) is 5.69 Å². The highest BCUT2D eigenvalue weighted by Gasteiger charge is 2.22. The van der Waals surface area contributed by atoms with Crippen LogP contribution >= 0.6 is 0 Å². The number of carbonyl (C=O) groups is 2. The maximum Gasteiger partial charge on any atom is 0.357 e. The van der Waals surface area contributed by atoms with Crippen LogP contribution in [-0.2, 0) is 4.74 Å². The Morgan fingerprint density at radius 1 is 1.21 bits per heavy atom. The van der Waals surface area contributed by atoms with E-state index in [-0.39, 0.29) is 16.9 Å². The van der Waals surface area contributed by atoms with E-state index in [9.17, 15) is 19.2 Å². The van der Waals surface area contributed by atoms with E-state index in [0.717, 1.165) is 0 Å². The summed E-state index contributed by atoms with van der Waals surface area (Å²) in [6.07, 6.45) is 1.40. The Bertz CT molecular complexity index is 1100. The number of methoxy groups -OCH3 is 1. The van der Waals surface area contributed by atoms with Gasteiger partial charge in [-0.25, -0.2) is 9.18 Å². The van der Waals surface area contributed by atoms with Gasteiger partial charge in [0.05, 0.1) is 18.4 Å². The van der Waals surface area contributed by atoms with Crippen molar-refractivity contribution >= 4 is 23.3 Å². The number of nitrogens with zero attached hydrogens (tertiary/aromatic N) is 2. The Labute approximate surface area is 159 Å². The molecule has 0 unspecified atom stereocenters. The zero-order valence-corrected chi connectivity index (χ0v) is 14.8. The van der Waals surface area contributed by atoms with Gasteiger partial charge in [0.1, 0.15) is 11.9 Å². The predicted octanol–water partition coefficient (Wildman–Crippen LogP) is 3.11. The number of nitrogens with two attached hydrogens (primary N) is 1. The van der Waals surface area contributed by atoms with Crippen LogP contribution in [0.5, 0.6) is 0 Å². The van der Waals surface area contributed by atoms with Crippen molar-refractivity contribution in [1.82, 2.24) is 4.57 Å². The average molecular weight is 378 g/mol. The van der Waals surface area contributed by atoms with E-state index in [4.69, 9.17) is 10.5 Å². The Hall–Kier alpha value is -4.12. The van der Waals surface area contributed by atoms with Gasteiger partial charge >= 0.3 is 5.97 Å². The summed E-state index contributed by atoms with van der Waals surface area (Å²) in [5.74, 6) is -1.54. The van der Waals surface area contributed by atoms with Crippen molar-refractivity contribution in [1.29, 1.82) is 5.26 Å². The van der Waals surface area contributed by atoms with Gasteiger partial charge in [-0.1, -0.05) is 6.07 Å². The lowest BCUT2D eigenvalue weighted by molar-refractivity contribution is 0.0593. The van der Waals surface area contributed by atoms with Crippen molar-refractivity contribution in [2.75, 3.05) is 18.2 Å². The lowest BCUT2D eigenvalue weighted by atomic mass is 10.1. The quantitative estimate of drug-likeness (QED) is 0.678. The van der Waals surface area contributed by atoms with E-state index in [1.54, 1.807) is 18.2 Å². The third kappa shape index (κ3) is 3.54. The number of hydrogen-bond donors (Lipinski definition) is 2. The van der Waals surface area contributed by atoms with Crippen molar-refractivity contribution in [2.45, 2.75) is 0 Å². The Kier molecular flexibility index (Phi) is 5.09. The van der Waals surface area contributed by atoms with Crippen LogP contribution in [0.3, 0.4) is 0 Å². The van der Waals surface area contributed by atoms with E-state index in [1.165, 1.54) is 48.2 Å². The second kappa shape index (κ2) is 7.63. The Balaban J connectivity index is 1.98. The molecule has 0 saturated carbocycles. The summed E-state index contributed by atoms with van der Waals surface area (Å²) in [5.41, 5.74) is 7.16. The highest BCUT2D eigenvalue weighted by atomic mass is 19.1. The number of carbonyl (C=O) groups excluding carboxylic acids is 2. The molecule has 0 fully saturated rings. The number of benzene rings is 2. The van der Waals surface area contributed by atoms with Crippen molar-refractivity contribution in [3.05, 3.63) is 77.4 Å². The number of nitrogen functional groups attached to an aromatic ring is 1. The van der Waals surface area contributed by atoms with Crippen LogP contribution in [0.2, 0.25) is 0 Å². The van der Waals surface area contributed by atoms with Crippen LogP contribution in [0.1, 0.15) is 26.4 Å². The highest BCUT2D eigenvalue weighted by Crippen LogP contribution is 2.25. The summed E-state index contributed by atoms with van der Waals surface area (Å²) in [5, 5.41) is 11.9. The smallest absolute Gasteiger partial charge is 0.357 e. The first kappa shape index (κ1) is 18.7. The van der Waals surface area contributed by atoms with Gasteiger partial charge in [-0.05, 0) is 42.5 Å². The fourth-order valence-corrected chi connectivity index (χ4v) is 2.65. The molecule has 1 heterocycles. The number of ether oxygens (including phenoxy) is 1. The van der Waals surface area contributed by atoms with Gasteiger partial charge in [-0.15, -0.1) is 0 Å². The second-order valence-electron chi connectivity index (χ2n) is 5.79. The van der Waals surface area contributed by atoms with E-state index >= 15 is 0 Å². The topological polar surface area (TPSA) is 110 Å². The predicted molar refractivity (Wildman–Crippen MR) is 101 cm³/mol. The van der Waals surface area contributed by atoms with Crippen LogP contribution in [0.4, 0.5) is 15.8 Å². The van der Waals surface area contributed by atoms with Gasteiger partial charge in [0.15, 0.2) is 5.69 Å². The third-order valence-electron chi connectivity index (χ3n) is 4.03. The SMILES string of the molecule is COC(=O)c1c(N)c(C#N)cn1-c1cccc(C(=O)Nc2ccc(F)cc2)c1. The molecule has 0 radical (unpaired) electrons. The lowest BCUT2D eigenvalue weighted by Gasteiger charge is -2.10. The van der Waals surface area contributed by atoms with Gasteiger partial charge in [0.2, 0.25) is 0 Å². The van der Waals surface area contributed by atoms with Crippen LogP contribution in [0.15, 0.2) is 54.7 Å². The molecule has 0 aliphatic carbocycles. The molecule has 0 saturated heterocycles. The molecule has 7 nitrogen and oxygen atoms in total. The number of aromatic nitrogens is 1. The summed E-state index contributed by atoms with van der Waals surface area (Å²) < 4.78 is 19.1. The summed E-state index contributed by atoms with van der Waals surface area (Å²) >= 11 is 0. The van der Waals surface area contributed by atoms with E-state index in [2.05, 4.69) is 5.32 Å². The van der Waals surface area contributed by atoms with E-state index < -0.39 is 17.7 Å².